The van der Waals surface area contributed by atoms with E-state index in [-0.39, 0.29) is 0 Å². The maximum atomic E-state index is 3.79. The average Bonchev–Trinajstić information content (AvgIpc) is 2.28. The molecule has 1 unspecified atom stereocenters. The third-order valence-corrected chi connectivity index (χ3v) is 4.05. The molecule has 0 bridgehead atoms. The zero-order valence-electron chi connectivity index (χ0n) is 13.0. The summed E-state index contributed by atoms with van der Waals surface area (Å²) in [5.41, 5.74) is 0. The van der Waals surface area contributed by atoms with E-state index < -0.39 is 0 Å². The number of hydrogen-bond donors (Lipinski definition) is 1. The molecule has 2 heteroatoms. The van der Waals surface area contributed by atoms with Gasteiger partial charge in [-0.3, -0.25) is 0 Å². The maximum Gasteiger partial charge on any atom is 0.0197 e. The van der Waals surface area contributed by atoms with Crippen molar-refractivity contribution >= 4 is 0 Å². The van der Waals surface area contributed by atoms with Crippen LogP contribution in [0.25, 0.3) is 0 Å². The second-order valence-corrected chi connectivity index (χ2v) is 6.84. The predicted molar refractivity (Wildman–Crippen MR) is 81.0 cm³/mol. The van der Waals surface area contributed by atoms with Crippen LogP contribution in [0.3, 0.4) is 0 Å². The van der Waals surface area contributed by atoms with Gasteiger partial charge in [0, 0.05) is 12.6 Å². The van der Waals surface area contributed by atoms with Crippen molar-refractivity contribution in [2.75, 3.05) is 27.2 Å². The third-order valence-electron chi connectivity index (χ3n) is 4.05. The zero-order valence-corrected chi connectivity index (χ0v) is 13.0. The number of nitrogens with one attached hydrogen (secondary N) is 1. The second-order valence-electron chi connectivity index (χ2n) is 6.84. The summed E-state index contributed by atoms with van der Waals surface area (Å²) in [5.74, 6) is 1.79. The Hall–Kier alpha value is -0.0800. The van der Waals surface area contributed by atoms with E-state index in [1.54, 1.807) is 0 Å². The van der Waals surface area contributed by atoms with E-state index in [2.05, 4.69) is 38.2 Å². The van der Waals surface area contributed by atoms with Crippen molar-refractivity contribution < 1.29 is 0 Å². The molecule has 108 valence electrons. The number of likely N-dealkylation sites (N-methyl/N-ethyl adjacent to an activating group) is 1. The van der Waals surface area contributed by atoms with E-state index >= 15 is 0 Å². The Morgan fingerprint density at radius 1 is 1.11 bits per heavy atom. The smallest absolute Gasteiger partial charge is 0.0197 e. The summed E-state index contributed by atoms with van der Waals surface area (Å²) in [6.45, 7) is 7.04. The minimum absolute atomic E-state index is 0.670. The summed E-state index contributed by atoms with van der Waals surface area (Å²) in [5, 5.41) is 3.79. The lowest BCUT2D eigenvalue weighted by atomic mass is 9.87. The van der Waals surface area contributed by atoms with E-state index in [4.69, 9.17) is 0 Å². The number of nitrogens with zero attached hydrogens (tertiary/aromatic N) is 1. The molecule has 1 rings (SSSR count). The zero-order chi connectivity index (χ0) is 13.4. The highest BCUT2D eigenvalue weighted by Crippen LogP contribution is 2.25. The first-order valence-corrected chi connectivity index (χ1v) is 7.96. The van der Waals surface area contributed by atoms with Crippen LogP contribution in [0.4, 0.5) is 0 Å². The molecule has 1 fully saturated rings. The summed E-state index contributed by atoms with van der Waals surface area (Å²) in [7, 11) is 4.35. The van der Waals surface area contributed by atoms with E-state index in [0.717, 1.165) is 11.8 Å². The lowest BCUT2D eigenvalue weighted by Gasteiger charge is -2.26. The van der Waals surface area contributed by atoms with Crippen molar-refractivity contribution in [3.8, 4) is 0 Å². The van der Waals surface area contributed by atoms with Gasteiger partial charge >= 0.3 is 0 Å². The minimum Gasteiger partial charge on any atom is -0.313 e. The molecule has 0 radical (unpaired) electrons. The quantitative estimate of drug-likeness (QED) is 0.713. The molecule has 1 saturated carbocycles. The molecule has 1 atom stereocenters. The molecule has 0 aliphatic heterocycles. The first-order valence-electron chi connectivity index (χ1n) is 7.96. The summed E-state index contributed by atoms with van der Waals surface area (Å²) in [6.07, 6.45) is 10.1. The van der Waals surface area contributed by atoms with Crippen LogP contribution in [-0.4, -0.2) is 38.1 Å². The van der Waals surface area contributed by atoms with Gasteiger partial charge in [-0.1, -0.05) is 46.0 Å². The molecule has 0 aromatic rings. The molecule has 0 amide bonds. The Balaban J connectivity index is 2.18. The van der Waals surface area contributed by atoms with Crippen molar-refractivity contribution in [3.05, 3.63) is 0 Å². The third kappa shape index (κ3) is 7.38. The Bertz CT molecular complexity index is 185. The number of hydrogen-bond acceptors (Lipinski definition) is 2. The van der Waals surface area contributed by atoms with Gasteiger partial charge in [-0.25, -0.2) is 0 Å². The van der Waals surface area contributed by atoms with Crippen LogP contribution in [-0.2, 0) is 0 Å². The number of rotatable bonds is 8. The van der Waals surface area contributed by atoms with Crippen LogP contribution in [0.5, 0.6) is 0 Å². The Kier molecular flexibility index (Phi) is 7.92. The molecular formula is C16H34N2. The van der Waals surface area contributed by atoms with Crippen molar-refractivity contribution in [2.24, 2.45) is 11.8 Å². The average molecular weight is 254 g/mol. The highest BCUT2D eigenvalue weighted by atomic mass is 15.1. The summed E-state index contributed by atoms with van der Waals surface area (Å²) < 4.78 is 0. The molecular weight excluding hydrogens is 220 g/mol. The highest BCUT2D eigenvalue weighted by molar-refractivity contribution is 4.73. The van der Waals surface area contributed by atoms with Gasteiger partial charge in [0.2, 0.25) is 0 Å². The van der Waals surface area contributed by atoms with Crippen molar-refractivity contribution in [2.45, 2.75) is 64.8 Å². The molecule has 0 heterocycles. The van der Waals surface area contributed by atoms with Gasteiger partial charge in [0.05, 0.1) is 0 Å². The first-order chi connectivity index (χ1) is 8.58. The lowest BCUT2D eigenvalue weighted by molar-refractivity contribution is 0.286. The van der Waals surface area contributed by atoms with Crippen LogP contribution < -0.4 is 5.32 Å². The molecule has 0 saturated heterocycles. The lowest BCUT2D eigenvalue weighted by Crippen LogP contribution is -2.40. The second kappa shape index (κ2) is 8.92. The molecule has 0 aromatic heterocycles. The van der Waals surface area contributed by atoms with Gasteiger partial charge in [-0.05, 0) is 45.3 Å². The fourth-order valence-electron chi connectivity index (χ4n) is 3.20. The Morgan fingerprint density at radius 2 is 1.78 bits per heavy atom. The van der Waals surface area contributed by atoms with Crippen LogP contribution in [0.1, 0.15) is 58.8 Å². The minimum atomic E-state index is 0.670. The Morgan fingerprint density at radius 3 is 2.33 bits per heavy atom. The molecule has 18 heavy (non-hydrogen) atoms. The SMILES string of the molecule is CC(C)CC(CN(C)C)NCCC1CCCCC1. The van der Waals surface area contributed by atoms with Gasteiger partial charge in [0.1, 0.15) is 0 Å². The monoisotopic (exact) mass is 254 g/mol. The van der Waals surface area contributed by atoms with E-state index in [1.807, 2.05) is 0 Å². The van der Waals surface area contributed by atoms with Crippen LogP contribution >= 0.6 is 0 Å². The fourth-order valence-corrected chi connectivity index (χ4v) is 3.20. The van der Waals surface area contributed by atoms with Gasteiger partial charge in [-0.15, -0.1) is 0 Å². The van der Waals surface area contributed by atoms with E-state index in [9.17, 15) is 0 Å². The molecule has 1 aliphatic carbocycles. The van der Waals surface area contributed by atoms with Crippen LogP contribution in [0, 0.1) is 11.8 Å². The van der Waals surface area contributed by atoms with Gasteiger partial charge in [-0.2, -0.15) is 0 Å². The van der Waals surface area contributed by atoms with Crippen molar-refractivity contribution in [3.63, 3.8) is 0 Å². The topological polar surface area (TPSA) is 15.3 Å². The van der Waals surface area contributed by atoms with Gasteiger partial charge < -0.3 is 10.2 Å². The maximum absolute atomic E-state index is 3.79. The standard InChI is InChI=1S/C16H34N2/c1-14(2)12-16(13-18(3)4)17-11-10-15-8-6-5-7-9-15/h14-17H,5-13H2,1-4H3. The van der Waals surface area contributed by atoms with E-state index in [0.29, 0.717) is 6.04 Å². The first kappa shape index (κ1) is 16.0. The predicted octanol–water partition coefficient (Wildman–Crippen LogP) is 3.52. The Labute approximate surface area is 115 Å². The van der Waals surface area contributed by atoms with Crippen molar-refractivity contribution in [1.82, 2.24) is 10.2 Å². The highest BCUT2D eigenvalue weighted by Gasteiger charge is 2.15. The van der Waals surface area contributed by atoms with E-state index in [1.165, 1.54) is 58.0 Å². The van der Waals surface area contributed by atoms with Gasteiger partial charge in [0.15, 0.2) is 0 Å². The summed E-state index contributed by atoms with van der Waals surface area (Å²) in [6, 6.07) is 0.670. The van der Waals surface area contributed by atoms with Gasteiger partial charge in [0.25, 0.3) is 0 Å². The fraction of sp³-hybridized carbons (Fsp3) is 1.00. The largest absolute Gasteiger partial charge is 0.313 e. The molecule has 2 nitrogen and oxygen atoms in total. The molecule has 1 N–H and O–H groups in total. The van der Waals surface area contributed by atoms with Crippen LogP contribution in [0.2, 0.25) is 0 Å². The summed E-state index contributed by atoms with van der Waals surface area (Å²) in [4.78, 5) is 2.31. The van der Waals surface area contributed by atoms with Crippen LogP contribution in [0.15, 0.2) is 0 Å². The molecule has 0 aromatic carbocycles. The van der Waals surface area contributed by atoms with Crippen molar-refractivity contribution in [1.29, 1.82) is 0 Å². The normalized spacial score (nSPS) is 19.7. The summed E-state index contributed by atoms with van der Waals surface area (Å²) >= 11 is 0. The molecule has 1 aliphatic rings. The molecule has 0 spiro atoms.